The molecule has 2 aromatic heterocycles. The van der Waals surface area contributed by atoms with Crippen molar-refractivity contribution in [1.29, 1.82) is 0 Å². The van der Waals surface area contributed by atoms with Crippen molar-refractivity contribution in [2.24, 2.45) is 0 Å². The lowest BCUT2D eigenvalue weighted by molar-refractivity contribution is 0.0950. The summed E-state index contributed by atoms with van der Waals surface area (Å²) in [7, 11) is 1.61. The van der Waals surface area contributed by atoms with Gasteiger partial charge in [-0.15, -0.1) is 0 Å². The van der Waals surface area contributed by atoms with Gasteiger partial charge in [0.2, 0.25) is 0 Å². The quantitative estimate of drug-likeness (QED) is 0.851. The zero-order chi connectivity index (χ0) is 13.0. The maximum Gasteiger partial charge on any atom is 0.255 e. The van der Waals surface area contributed by atoms with Gasteiger partial charge in [0.25, 0.3) is 5.91 Å². The number of carbonyl (C=O) groups is 1. The van der Waals surface area contributed by atoms with Gasteiger partial charge in [0.1, 0.15) is 23.6 Å². The predicted octanol–water partition coefficient (Wildman–Crippen LogP) is 1.18. The van der Waals surface area contributed by atoms with Crippen LogP contribution >= 0.6 is 0 Å². The Balaban J connectivity index is 2.10. The standard InChI is InChI=1S/C11H11FN4O2/c1-13-10-9(4-7(12)5-14-10)11(17)15-6-8-2-3-18-16-8/h2-5H,6H2,1H3,(H,13,14)(H,15,17). The number of carbonyl (C=O) groups excluding carboxylic acids is 1. The largest absolute Gasteiger partial charge is 0.372 e. The summed E-state index contributed by atoms with van der Waals surface area (Å²) < 4.78 is 17.7. The molecule has 0 radical (unpaired) electrons. The van der Waals surface area contributed by atoms with Crippen LogP contribution in [0.5, 0.6) is 0 Å². The third kappa shape index (κ3) is 2.62. The molecule has 0 spiro atoms. The summed E-state index contributed by atoms with van der Waals surface area (Å²) in [4.78, 5) is 15.6. The molecule has 0 aromatic carbocycles. The number of hydrogen-bond donors (Lipinski definition) is 2. The van der Waals surface area contributed by atoms with E-state index in [0.29, 0.717) is 11.5 Å². The predicted molar refractivity (Wildman–Crippen MR) is 61.4 cm³/mol. The molecule has 18 heavy (non-hydrogen) atoms. The van der Waals surface area contributed by atoms with Crippen LogP contribution in [0.1, 0.15) is 16.1 Å². The smallest absolute Gasteiger partial charge is 0.255 e. The Morgan fingerprint density at radius 2 is 2.39 bits per heavy atom. The lowest BCUT2D eigenvalue weighted by Gasteiger charge is -2.07. The summed E-state index contributed by atoms with van der Waals surface area (Å²) in [6, 6.07) is 2.75. The molecule has 6 nitrogen and oxygen atoms in total. The van der Waals surface area contributed by atoms with E-state index in [1.165, 1.54) is 6.26 Å². The first-order valence-electron chi connectivity index (χ1n) is 5.21. The van der Waals surface area contributed by atoms with Gasteiger partial charge in [-0.3, -0.25) is 4.79 Å². The Hall–Kier alpha value is -2.44. The summed E-state index contributed by atoms with van der Waals surface area (Å²) in [5.41, 5.74) is 0.722. The molecule has 94 valence electrons. The molecule has 0 unspecified atom stereocenters. The first-order valence-corrected chi connectivity index (χ1v) is 5.21. The fourth-order valence-electron chi connectivity index (χ4n) is 1.41. The Labute approximate surface area is 102 Å². The van der Waals surface area contributed by atoms with E-state index in [1.807, 2.05) is 0 Å². The maximum atomic E-state index is 13.1. The third-order valence-electron chi connectivity index (χ3n) is 2.26. The molecular weight excluding hydrogens is 239 g/mol. The van der Waals surface area contributed by atoms with Gasteiger partial charge in [-0.05, 0) is 6.07 Å². The Morgan fingerprint density at radius 1 is 1.56 bits per heavy atom. The van der Waals surface area contributed by atoms with Crippen LogP contribution in [0, 0.1) is 5.82 Å². The zero-order valence-electron chi connectivity index (χ0n) is 9.61. The van der Waals surface area contributed by atoms with Gasteiger partial charge in [-0.1, -0.05) is 5.16 Å². The van der Waals surface area contributed by atoms with Crippen molar-refractivity contribution < 1.29 is 13.7 Å². The second-order valence-electron chi connectivity index (χ2n) is 3.47. The van der Waals surface area contributed by atoms with Gasteiger partial charge < -0.3 is 15.2 Å². The minimum absolute atomic E-state index is 0.140. The van der Waals surface area contributed by atoms with Gasteiger partial charge in [0, 0.05) is 13.1 Å². The highest BCUT2D eigenvalue weighted by Crippen LogP contribution is 2.12. The fraction of sp³-hybridized carbons (Fsp3) is 0.182. The van der Waals surface area contributed by atoms with Gasteiger partial charge in [-0.25, -0.2) is 9.37 Å². The molecule has 0 saturated heterocycles. The lowest BCUT2D eigenvalue weighted by atomic mass is 10.2. The second-order valence-corrected chi connectivity index (χ2v) is 3.47. The fourth-order valence-corrected chi connectivity index (χ4v) is 1.41. The van der Waals surface area contributed by atoms with Crippen molar-refractivity contribution in [3.63, 3.8) is 0 Å². The summed E-state index contributed by atoms with van der Waals surface area (Å²) >= 11 is 0. The van der Waals surface area contributed by atoms with Gasteiger partial charge >= 0.3 is 0 Å². The average molecular weight is 250 g/mol. The highest BCUT2D eigenvalue weighted by atomic mass is 19.1. The first-order chi connectivity index (χ1) is 8.70. The van der Waals surface area contributed by atoms with Crippen molar-refractivity contribution >= 4 is 11.7 Å². The van der Waals surface area contributed by atoms with Crippen LogP contribution in [0.25, 0.3) is 0 Å². The Bertz CT molecular complexity index is 542. The topological polar surface area (TPSA) is 80.0 Å². The molecule has 0 aliphatic rings. The van der Waals surface area contributed by atoms with Crippen LogP contribution in [0.15, 0.2) is 29.1 Å². The van der Waals surface area contributed by atoms with Gasteiger partial charge in [-0.2, -0.15) is 0 Å². The molecule has 2 rings (SSSR count). The monoisotopic (exact) mass is 250 g/mol. The summed E-state index contributed by atoms with van der Waals surface area (Å²) in [6.45, 7) is 0.203. The van der Waals surface area contributed by atoms with Crippen LogP contribution in [-0.2, 0) is 6.54 Å². The van der Waals surface area contributed by atoms with Crippen LogP contribution in [-0.4, -0.2) is 23.1 Å². The molecule has 1 amide bonds. The van der Waals surface area contributed by atoms with Crippen LogP contribution < -0.4 is 10.6 Å². The first kappa shape index (κ1) is 12.0. The minimum Gasteiger partial charge on any atom is -0.372 e. The molecule has 0 saturated carbocycles. The number of rotatable bonds is 4. The summed E-state index contributed by atoms with van der Waals surface area (Å²) in [5.74, 6) is -0.691. The molecule has 0 aliphatic heterocycles. The number of nitrogens with one attached hydrogen (secondary N) is 2. The second kappa shape index (κ2) is 5.26. The van der Waals surface area contributed by atoms with Crippen molar-refractivity contribution in [2.45, 2.75) is 6.54 Å². The zero-order valence-corrected chi connectivity index (χ0v) is 9.61. The van der Waals surface area contributed by atoms with Crippen molar-refractivity contribution in [1.82, 2.24) is 15.5 Å². The number of amides is 1. The molecule has 7 heteroatoms. The minimum atomic E-state index is -0.569. The molecule has 0 atom stereocenters. The van der Waals surface area contributed by atoms with Crippen LogP contribution in [0.2, 0.25) is 0 Å². The number of anilines is 1. The van der Waals surface area contributed by atoms with E-state index in [1.54, 1.807) is 13.1 Å². The van der Waals surface area contributed by atoms with E-state index in [9.17, 15) is 9.18 Å². The summed E-state index contributed by atoms with van der Waals surface area (Å²) in [5, 5.41) is 8.97. The average Bonchev–Trinajstić information content (AvgIpc) is 2.89. The van der Waals surface area contributed by atoms with E-state index >= 15 is 0 Å². The Morgan fingerprint density at radius 3 is 3.06 bits per heavy atom. The Kier molecular flexibility index (Phi) is 3.52. The third-order valence-corrected chi connectivity index (χ3v) is 2.26. The molecule has 2 aromatic rings. The normalized spacial score (nSPS) is 10.1. The number of aromatic nitrogens is 2. The molecule has 0 aliphatic carbocycles. The van der Waals surface area contributed by atoms with E-state index in [-0.39, 0.29) is 12.1 Å². The number of nitrogens with zero attached hydrogens (tertiary/aromatic N) is 2. The SMILES string of the molecule is CNc1ncc(F)cc1C(=O)NCc1ccon1. The van der Waals surface area contributed by atoms with E-state index in [2.05, 4.69) is 25.3 Å². The summed E-state index contributed by atoms with van der Waals surface area (Å²) in [6.07, 6.45) is 2.45. The highest BCUT2D eigenvalue weighted by Gasteiger charge is 2.13. The lowest BCUT2D eigenvalue weighted by Crippen LogP contribution is -2.24. The number of hydrogen-bond acceptors (Lipinski definition) is 5. The molecule has 2 heterocycles. The van der Waals surface area contributed by atoms with E-state index < -0.39 is 11.7 Å². The highest BCUT2D eigenvalue weighted by molar-refractivity contribution is 5.98. The van der Waals surface area contributed by atoms with Crippen LogP contribution in [0.3, 0.4) is 0 Å². The molecule has 2 N–H and O–H groups in total. The number of halogens is 1. The molecule has 0 bridgehead atoms. The van der Waals surface area contributed by atoms with Gasteiger partial charge in [0.15, 0.2) is 0 Å². The van der Waals surface area contributed by atoms with Crippen molar-refractivity contribution in [3.8, 4) is 0 Å². The van der Waals surface area contributed by atoms with Gasteiger partial charge in [0.05, 0.1) is 18.3 Å². The maximum absolute atomic E-state index is 13.1. The number of pyridine rings is 1. The van der Waals surface area contributed by atoms with E-state index in [4.69, 9.17) is 0 Å². The van der Waals surface area contributed by atoms with Crippen molar-refractivity contribution in [3.05, 3.63) is 41.7 Å². The van der Waals surface area contributed by atoms with Crippen molar-refractivity contribution in [2.75, 3.05) is 12.4 Å². The molecular formula is C11H11FN4O2. The van der Waals surface area contributed by atoms with E-state index in [0.717, 1.165) is 12.3 Å². The molecule has 0 fully saturated rings. The van der Waals surface area contributed by atoms with Crippen LogP contribution in [0.4, 0.5) is 10.2 Å².